The molecule has 0 saturated carbocycles. The van der Waals surface area contributed by atoms with Crippen molar-refractivity contribution in [1.82, 2.24) is 0 Å². The van der Waals surface area contributed by atoms with E-state index < -0.39 is 5.47 Å². The molecule has 0 aliphatic heterocycles. The fraction of sp³-hybridized carbons (Fsp3) is 0.889. The normalized spacial score (nSPS) is 16.1. The molecule has 0 aromatic carbocycles. The maximum absolute atomic E-state index is 5.54. The maximum atomic E-state index is 5.54. The minimum Gasteiger partial charge on any atom is -0.359 e. The molecule has 0 saturated heterocycles. The summed E-state index contributed by atoms with van der Waals surface area (Å²) in [5.41, 5.74) is -0.740. The highest BCUT2D eigenvalue weighted by molar-refractivity contribution is 8.70. The van der Waals surface area contributed by atoms with Gasteiger partial charge in [0.05, 0.1) is 5.71 Å². The van der Waals surface area contributed by atoms with Crippen molar-refractivity contribution in [3.05, 3.63) is 0 Å². The molecular formula is C9H20NOPS3. The van der Waals surface area contributed by atoms with E-state index >= 15 is 0 Å². The fourth-order valence-electron chi connectivity index (χ4n) is 0.570. The SMILES string of the molecule is CCSCSP(=S)(CC)O/N=C(\C)CC. The molecule has 0 radical (unpaired) electrons. The Kier molecular flexibility index (Phi) is 9.40. The first-order valence-electron chi connectivity index (χ1n) is 5.11. The summed E-state index contributed by atoms with van der Waals surface area (Å²) in [6, 6.07) is 0. The van der Waals surface area contributed by atoms with E-state index in [0.29, 0.717) is 0 Å². The number of thioether (sulfide) groups is 1. The van der Waals surface area contributed by atoms with Gasteiger partial charge in [-0.05, 0) is 30.9 Å². The predicted molar refractivity (Wildman–Crippen MR) is 79.9 cm³/mol. The number of hydrogen-bond acceptors (Lipinski definition) is 5. The molecule has 0 heterocycles. The van der Waals surface area contributed by atoms with Gasteiger partial charge in [0.15, 0.2) is 5.47 Å². The summed E-state index contributed by atoms with van der Waals surface area (Å²) >= 11 is 9.16. The summed E-state index contributed by atoms with van der Waals surface area (Å²) in [7, 11) is 0. The Morgan fingerprint density at radius 2 is 2.07 bits per heavy atom. The minimum atomic E-state index is -1.76. The van der Waals surface area contributed by atoms with E-state index in [1.165, 1.54) is 0 Å². The van der Waals surface area contributed by atoms with Crippen molar-refractivity contribution in [2.75, 3.05) is 17.0 Å². The zero-order valence-electron chi connectivity index (χ0n) is 9.86. The lowest BCUT2D eigenvalue weighted by molar-refractivity contribution is 0.386. The molecular weight excluding hydrogens is 265 g/mol. The Bertz CT molecular complexity index is 246. The Hall–Kier alpha value is 0.820. The van der Waals surface area contributed by atoms with Gasteiger partial charge in [-0.15, -0.1) is 0 Å². The van der Waals surface area contributed by atoms with Crippen molar-refractivity contribution in [1.29, 1.82) is 0 Å². The summed E-state index contributed by atoms with van der Waals surface area (Å²) in [6.07, 6.45) is 1.82. The van der Waals surface area contributed by atoms with Crippen LogP contribution in [0.4, 0.5) is 0 Å². The van der Waals surface area contributed by atoms with E-state index in [1.807, 2.05) is 18.7 Å². The third-order valence-electron chi connectivity index (χ3n) is 1.76. The van der Waals surface area contributed by atoms with Gasteiger partial charge >= 0.3 is 0 Å². The molecule has 0 bridgehead atoms. The van der Waals surface area contributed by atoms with Crippen LogP contribution in [0.15, 0.2) is 5.16 Å². The highest BCUT2D eigenvalue weighted by atomic mass is 32.9. The van der Waals surface area contributed by atoms with E-state index in [9.17, 15) is 0 Å². The first-order valence-corrected chi connectivity index (χ1v) is 10.8. The van der Waals surface area contributed by atoms with Crippen LogP contribution in [0.5, 0.6) is 0 Å². The van der Waals surface area contributed by atoms with Crippen LogP contribution in [0.1, 0.15) is 34.1 Å². The topological polar surface area (TPSA) is 21.6 Å². The molecule has 1 atom stereocenters. The Morgan fingerprint density at radius 3 is 2.53 bits per heavy atom. The molecule has 0 rings (SSSR count). The zero-order chi connectivity index (χ0) is 11.7. The standard InChI is InChI=1S/C9H20NOPS3/c1-5-9(4)10-11-12(13,6-2)15-8-14-7-3/h5-8H2,1-4H3/b10-9+. The molecule has 1 unspecified atom stereocenters. The van der Waals surface area contributed by atoms with E-state index in [1.54, 1.807) is 11.4 Å². The van der Waals surface area contributed by atoms with Gasteiger partial charge < -0.3 is 4.62 Å². The number of nitrogens with zero attached hydrogens (tertiary/aromatic N) is 1. The van der Waals surface area contributed by atoms with Crippen LogP contribution >= 0.6 is 28.6 Å². The van der Waals surface area contributed by atoms with Crippen LogP contribution in [0, 0.1) is 0 Å². The number of hydrogen-bond donors (Lipinski definition) is 0. The largest absolute Gasteiger partial charge is 0.359 e. The average Bonchev–Trinajstić information content (AvgIpc) is 2.26. The monoisotopic (exact) mass is 285 g/mol. The van der Waals surface area contributed by atoms with Crippen LogP contribution < -0.4 is 0 Å². The average molecular weight is 285 g/mol. The first-order chi connectivity index (χ1) is 7.08. The zero-order valence-corrected chi connectivity index (χ0v) is 13.2. The predicted octanol–water partition coefficient (Wildman–Crippen LogP) is 4.56. The molecule has 0 aliphatic carbocycles. The van der Waals surface area contributed by atoms with Crippen LogP contribution in [-0.2, 0) is 16.4 Å². The third kappa shape index (κ3) is 7.67. The van der Waals surface area contributed by atoms with Crippen LogP contribution in [0.3, 0.4) is 0 Å². The van der Waals surface area contributed by atoms with E-state index in [4.69, 9.17) is 16.4 Å². The van der Waals surface area contributed by atoms with E-state index in [0.717, 1.165) is 29.1 Å². The van der Waals surface area contributed by atoms with Gasteiger partial charge in [0.1, 0.15) is 0 Å². The molecule has 0 aliphatic rings. The number of rotatable bonds is 8. The van der Waals surface area contributed by atoms with Crippen molar-refractivity contribution in [3.63, 3.8) is 0 Å². The summed E-state index contributed by atoms with van der Waals surface area (Å²) in [4.78, 5) is 0. The minimum absolute atomic E-state index is 0.901. The van der Waals surface area contributed by atoms with Gasteiger partial charge in [-0.1, -0.05) is 37.3 Å². The lowest BCUT2D eigenvalue weighted by Crippen LogP contribution is -1.91. The quantitative estimate of drug-likeness (QED) is 0.214. The molecule has 0 amide bonds. The Morgan fingerprint density at radius 1 is 1.40 bits per heavy atom. The van der Waals surface area contributed by atoms with Gasteiger partial charge in [0.25, 0.3) is 0 Å². The first kappa shape index (κ1) is 15.8. The Balaban J connectivity index is 4.13. The van der Waals surface area contributed by atoms with Gasteiger partial charge in [0, 0.05) is 11.2 Å². The molecule has 0 fully saturated rings. The molecule has 2 nitrogen and oxygen atoms in total. The molecule has 0 spiro atoms. The second-order valence-electron chi connectivity index (χ2n) is 2.93. The molecule has 0 aromatic heterocycles. The van der Waals surface area contributed by atoms with Crippen LogP contribution in [-0.4, -0.2) is 22.7 Å². The van der Waals surface area contributed by atoms with E-state index in [-0.39, 0.29) is 0 Å². The number of oxime groups is 1. The van der Waals surface area contributed by atoms with Crippen molar-refractivity contribution >= 4 is 46.1 Å². The third-order valence-corrected chi connectivity index (χ3v) is 9.78. The highest BCUT2D eigenvalue weighted by Crippen LogP contribution is 2.60. The lowest BCUT2D eigenvalue weighted by atomic mass is 10.3. The molecule has 0 aromatic rings. The van der Waals surface area contributed by atoms with Gasteiger partial charge in [0.2, 0.25) is 0 Å². The van der Waals surface area contributed by atoms with Crippen molar-refractivity contribution < 1.29 is 4.62 Å². The molecule has 6 heteroatoms. The summed E-state index contributed by atoms with van der Waals surface area (Å²) in [5.74, 6) is 1.13. The fourth-order valence-corrected chi connectivity index (χ4v) is 6.95. The van der Waals surface area contributed by atoms with Crippen molar-refractivity contribution in [2.24, 2.45) is 5.16 Å². The Labute approximate surface area is 107 Å². The molecule has 90 valence electrons. The van der Waals surface area contributed by atoms with E-state index in [2.05, 4.69) is 25.9 Å². The highest BCUT2D eigenvalue weighted by Gasteiger charge is 2.17. The molecule has 15 heavy (non-hydrogen) atoms. The second-order valence-corrected chi connectivity index (χ2v) is 12.1. The van der Waals surface area contributed by atoms with Gasteiger partial charge in [-0.3, -0.25) is 0 Å². The molecule has 0 N–H and O–H groups in total. The maximum Gasteiger partial charge on any atom is 0.198 e. The van der Waals surface area contributed by atoms with Crippen molar-refractivity contribution in [3.8, 4) is 0 Å². The van der Waals surface area contributed by atoms with Crippen LogP contribution in [0.25, 0.3) is 0 Å². The summed E-state index contributed by atoms with van der Waals surface area (Å²) < 4.78 is 5.54. The summed E-state index contributed by atoms with van der Waals surface area (Å²) in [6.45, 7) is 8.28. The smallest absolute Gasteiger partial charge is 0.198 e. The van der Waals surface area contributed by atoms with Gasteiger partial charge in [-0.25, -0.2) is 0 Å². The van der Waals surface area contributed by atoms with Crippen molar-refractivity contribution in [2.45, 2.75) is 34.1 Å². The van der Waals surface area contributed by atoms with Gasteiger partial charge in [-0.2, -0.15) is 11.8 Å². The second kappa shape index (κ2) is 8.91. The summed E-state index contributed by atoms with van der Waals surface area (Å²) in [5, 5.41) is 5.11. The van der Waals surface area contributed by atoms with Crippen LogP contribution in [0.2, 0.25) is 0 Å². The lowest BCUT2D eigenvalue weighted by Gasteiger charge is -2.16.